The number of hydrogen-bond acceptors (Lipinski definition) is 4. The number of piperidine rings is 1. The first-order chi connectivity index (χ1) is 12.7. The van der Waals surface area contributed by atoms with Crippen LogP contribution in [0.5, 0.6) is 0 Å². The highest BCUT2D eigenvalue weighted by Gasteiger charge is 2.42. The van der Waals surface area contributed by atoms with Crippen molar-refractivity contribution >= 4 is 5.91 Å². The molecule has 5 nitrogen and oxygen atoms in total. The zero-order valence-corrected chi connectivity index (χ0v) is 17.0. The van der Waals surface area contributed by atoms with Crippen LogP contribution in [0.1, 0.15) is 42.6 Å². The number of carbonyl (C=O) groups excluding carboxylic acids is 1. The Balaban J connectivity index is 1.76. The van der Waals surface area contributed by atoms with Gasteiger partial charge in [-0.2, -0.15) is 0 Å². The van der Waals surface area contributed by atoms with Gasteiger partial charge in [-0.05, 0) is 72.1 Å². The fraction of sp³-hybridized carbons (Fsp3) is 0.591. The first-order valence-corrected chi connectivity index (χ1v) is 9.73. The molecule has 0 unspecified atom stereocenters. The van der Waals surface area contributed by atoms with Crippen molar-refractivity contribution in [1.29, 1.82) is 0 Å². The van der Waals surface area contributed by atoms with Gasteiger partial charge in [0.1, 0.15) is 5.60 Å². The molecule has 1 aromatic rings. The van der Waals surface area contributed by atoms with Crippen LogP contribution in [-0.2, 0) is 0 Å². The molecule has 0 bridgehead atoms. The fourth-order valence-corrected chi connectivity index (χ4v) is 3.95. The number of carbonyl (C=O) groups is 1. The van der Waals surface area contributed by atoms with Gasteiger partial charge in [-0.3, -0.25) is 9.69 Å². The Kier molecular flexibility index (Phi) is 5.62. The van der Waals surface area contributed by atoms with Crippen LogP contribution in [0.25, 0.3) is 0 Å². The number of likely N-dealkylation sites (tertiary alicyclic amines) is 1. The van der Waals surface area contributed by atoms with E-state index in [0.29, 0.717) is 5.56 Å². The maximum Gasteiger partial charge on any atom is 0.254 e. The molecule has 0 radical (unpaired) electrons. The fourth-order valence-electron chi connectivity index (χ4n) is 3.95. The van der Waals surface area contributed by atoms with Gasteiger partial charge in [0.15, 0.2) is 0 Å². The highest BCUT2D eigenvalue weighted by atomic mass is 16.3. The lowest BCUT2D eigenvalue weighted by Crippen LogP contribution is -2.64. The summed E-state index contributed by atoms with van der Waals surface area (Å²) in [4.78, 5) is 20.0. The molecule has 5 heteroatoms. The predicted molar refractivity (Wildman–Crippen MR) is 108 cm³/mol. The first-order valence-electron chi connectivity index (χ1n) is 9.73. The summed E-state index contributed by atoms with van der Waals surface area (Å²) in [7, 11) is 4.36. The third-order valence-electron chi connectivity index (χ3n) is 5.83. The lowest BCUT2D eigenvalue weighted by Gasteiger charge is -2.52. The number of amides is 1. The summed E-state index contributed by atoms with van der Waals surface area (Å²) in [5.41, 5.74) is 0.479. The van der Waals surface area contributed by atoms with Crippen molar-refractivity contribution in [2.75, 3.05) is 46.8 Å². The molecule has 0 aromatic heterocycles. The van der Waals surface area contributed by atoms with E-state index in [9.17, 15) is 9.90 Å². The van der Waals surface area contributed by atoms with E-state index in [0.717, 1.165) is 51.1 Å². The van der Waals surface area contributed by atoms with E-state index in [1.807, 2.05) is 29.2 Å². The molecule has 2 aliphatic heterocycles. The molecule has 1 aromatic carbocycles. The van der Waals surface area contributed by atoms with Gasteiger partial charge in [-0.25, -0.2) is 0 Å². The van der Waals surface area contributed by atoms with Crippen LogP contribution in [0.4, 0.5) is 0 Å². The summed E-state index contributed by atoms with van der Waals surface area (Å²) in [5, 5.41) is 9.79. The number of rotatable bonds is 1. The normalized spacial score (nSPS) is 21.0. The minimum absolute atomic E-state index is 0.0771. The zero-order chi connectivity index (χ0) is 19.7. The number of benzene rings is 1. The molecule has 1 spiro atoms. The van der Waals surface area contributed by atoms with Crippen LogP contribution in [0.3, 0.4) is 0 Å². The van der Waals surface area contributed by atoms with Gasteiger partial charge in [0, 0.05) is 36.3 Å². The van der Waals surface area contributed by atoms with Gasteiger partial charge in [0.25, 0.3) is 5.91 Å². The quantitative estimate of drug-likeness (QED) is 0.765. The topological polar surface area (TPSA) is 47.0 Å². The van der Waals surface area contributed by atoms with Gasteiger partial charge in [0.2, 0.25) is 0 Å². The average Bonchev–Trinajstić information content (AvgIpc) is 2.64. The molecule has 2 saturated heterocycles. The smallest absolute Gasteiger partial charge is 0.254 e. The molecule has 3 rings (SSSR count). The van der Waals surface area contributed by atoms with Crippen molar-refractivity contribution in [3.05, 3.63) is 35.4 Å². The predicted octanol–water partition coefficient (Wildman–Crippen LogP) is 1.66. The molecule has 2 fully saturated rings. The molecule has 0 saturated carbocycles. The van der Waals surface area contributed by atoms with Crippen molar-refractivity contribution in [2.45, 2.75) is 37.8 Å². The van der Waals surface area contributed by atoms with Gasteiger partial charge >= 0.3 is 0 Å². The summed E-state index contributed by atoms with van der Waals surface area (Å²) < 4.78 is 0. The minimum atomic E-state index is -1.04. The van der Waals surface area contributed by atoms with Gasteiger partial charge in [-0.1, -0.05) is 17.9 Å². The SMILES string of the molecule is CN1CCC2(CC1)CN(C(=O)c1cccc(C#CC(C)(C)O)c1)CCN2C. The van der Waals surface area contributed by atoms with Crippen LogP contribution in [-0.4, -0.2) is 83.7 Å². The second kappa shape index (κ2) is 7.63. The first kappa shape index (κ1) is 19.9. The Bertz CT molecular complexity index is 749. The van der Waals surface area contributed by atoms with E-state index in [1.165, 1.54) is 0 Å². The summed E-state index contributed by atoms with van der Waals surface area (Å²) in [6.07, 6.45) is 2.20. The molecule has 27 heavy (non-hydrogen) atoms. The van der Waals surface area contributed by atoms with E-state index in [-0.39, 0.29) is 11.4 Å². The van der Waals surface area contributed by atoms with Gasteiger partial charge in [0.05, 0.1) is 0 Å². The third-order valence-corrected chi connectivity index (χ3v) is 5.83. The Morgan fingerprint density at radius 2 is 1.85 bits per heavy atom. The van der Waals surface area contributed by atoms with Crippen molar-refractivity contribution < 1.29 is 9.90 Å². The Morgan fingerprint density at radius 3 is 2.52 bits per heavy atom. The lowest BCUT2D eigenvalue weighted by molar-refractivity contribution is -0.0170. The number of aliphatic hydroxyl groups is 1. The Morgan fingerprint density at radius 1 is 1.15 bits per heavy atom. The van der Waals surface area contributed by atoms with Crippen LogP contribution in [0.15, 0.2) is 24.3 Å². The van der Waals surface area contributed by atoms with Crippen LogP contribution in [0, 0.1) is 11.8 Å². The molecule has 146 valence electrons. The van der Waals surface area contributed by atoms with E-state index in [1.54, 1.807) is 13.8 Å². The summed E-state index contributed by atoms with van der Waals surface area (Å²) >= 11 is 0. The maximum absolute atomic E-state index is 13.1. The van der Waals surface area contributed by atoms with Gasteiger partial charge in [-0.15, -0.1) is 0 Å². The van der Waals surface area contributed by atoms with Crippen molar-refractivity contribution in [2.24, 2.45) is 0 Å². The monoisotopic (exact) mass is 369 g/mol. The van der Waals surface area contributed by atoms with Crippen molar-refractivity contribution in [1.82, 2.24) is 14.7 Å². The Hall–Kier alpha value is -1.87. The number of nitrogens with zero attached hydrogens (tertiary/aromatic N) is 3. The molecule has 2 aliphatic rings. The van der Waals surface area contributed by atoms with E-state index < -0.39 is 5.60 Å². The molecule has 0 aliphatic carbocycles. The number of piperazine rings is 1. The van der Waals surface area contributed by atoms with Gasteiger partial charge < -0.3 is 14.9 Å². The third kappa shape index (κ3) is 4.70. The second-order valence-electron chi connectivity index (χ2n) is 8.57. The lowest BCUT2D eigenvalue weighted by atomic mass is 9.83. The Labute approximate surface area is 162 Å². The van der Waals surface area contributed by atoms with E-state index in [2.05, 4.69) is 35.7 Å². The second-order valence-corrected chi connectivity index (χ2v) is 8.57. The number of likely N-dealkylation sites (N-methyl/N-ethyl adjacent to an activating group) is 1. The molecular formula is C22H31N3O2. The zero-order valence-electron chi connectivity index (χ0n) is 17.0. The minimum Gasteiger partial charge on any atom is -0.378 e. The molecule has 1 amide bonds. The highest BCUT2D eigenvalue weighted by molar-refractivity contribution is 5.94. The summed E-state index contributed by atoms with van der Waals surface area (Å²) in [6, 6.07) is 7.43. The molecule has 1 N–H and O–H groups in total. The van der Waals surface area contributed by atoms with Crippen molar-refractivity contribution in [3.8, 4) is 11.8 Å². The van der Waals surface area contributed by atoms with Crippen molar-refractivity contribution in [3.63, 3.8) is 0 Å². The summed E-state index contributed by atoms with van der Waals surface area (Å²) in [5.74, 6) is 5.85. The number of hydrogen-bond donors (Lipinski definition) is 1. The maximum atomic E-state index is 13.1. The average molecular weight is 370 g/mol. The van der Waals surface area contributed by atoms with Crippen LogP contribution in [0.2, 0.25) is 0 Å². The largest absolute Gasteiger partial charge is 0.378 e. The molecular weight excluding hydrogens is 338 g/mol. The van der Waals surface area contributed by atoms with Crippen LogP contribution >= 0.6 is 0 Å². The molecule has 0 atom stereocenters. The van der Waals surface area contributed by atoms with Crippen LogP contribution < -0.4 is 0 Å². The highest BCUT2D eigenvalue weighted by Crippen LogP contribution is 2.31. The van der Waals surface area contributed by atoms with E-state index >= 15 is 0 Å². The van der Waals surface area contributed by atoms with E-state index in [4.69, 9.17) is 0 Å². The standard InChI is InChI=1S/C22H31N3O2/c1-21(2,27)9-8-18-6-5-7-19(16-18)20(26)25-15-14-24(4)22(17-25)10-12-23(3)13-11-22/h5-7,16,27H,10-15,17H2,1-4H3. The summed E-state index contributed by atoms with van der Waals surface area (Å²) in [6.45, 7) is 7.92. The molecule has 2 heterocycles.